The highest BCUT2D eigenvalue weighted by Crippen LogP contribution is 2.10. The van der Waals surface area contributed by atoms with Crippen LogP contribution in [0.2, 0.25) is 0 Å². The maximum atomic E-state index is 11.9. The summed E-state index contributed by atoms with van der Waals surface area (Å²) in [6, 6.07) is -1.23. The van der Waals surface area contributed by atoms with Crippen molar-refractivity contribution in [2.45, 2.75) is 51.2 Å². The second-order valence-electron chi connectivity index (χ2n) is 4.72. The number of hydrogen-bond donors (Lipinski definition) is 3. The van der Waals surface area contributed by atoms with Crippen LogP contribution in [0.5, 0.6) is 0 Å². The van der Waals surface area contributed by atoms with Crippen molar-refractivity contribution in [1.82, 2.24) is 10.2 Å². The second-order valence-corrected chi connectivity index (χ2v) is 4.72. The fraction of sp³-hybridized carbons (Fsp3) is 0.833. The molecule has 0 saturated carbocycles. The molecule has 0 radical (unpaired) electrons. The van der Waals surface area contributed by atoms with Crippen LogP contribution in [0.25, 0.3) is 0 Å². The average molecular weight is 258 g/mol. The standard InChI is InChI=1S/C12H22N2O4/c1-2-3-6-10(11(16)17)13-12(18)14-7-4-5-9(15)8-14/h9-10,15H,2-8H2,1H3,(H,13,18)(H,16,17). The Morgan fingerprint density at radius 3 is 2.78 bits per heavy atom. The highest BCUT2D eigenvalue weighted by molar-refractivity contribution is 5.82. The van der Waals surface area contributed by atoms with Gasteiger partial charge in [-0.1, -0.05) is 19.8 Å². The SMILES string of the molecule is CCCCC(NC(=O)N1CCCC(O)C1)C(=O)O. The predicted octanol–water partition coefficient (Wildman–Crippen LogP) is 0.796. The van der Waals surface area contributed by atoms with Crippen LogP contribution in [-0.4, -0.2) is 52.3 Å². The van der Waals surface area contributed by atoms with E-state index >= 15 is 0 Å². The van der Waals surface area contributed by atoms with Crippen LogP contribution >= 0.6 is 0 Å². The van der Waals surface area contributed by atoms with E-state index in [1.54, 1.807) is 0 Å². The van der Waals surface area contributed by atoms with Crippen LogP contribution in [0.1, 0.15) is 39.0 Å². The molecule has 2 unspecified atom stereocenters. The van der Waals surface area contributed by atoms with Crippen LogP contribution < -0.4 is 5.32 Å². The van der Waals surface area contributed by atoms with E-state index in [0.717, 1.165) is 19.3 Å². The van der Waals surface area contributed by atoms with Gasteiger partial charge in [0.15, 0.2) is 0 Å². The molecule has 1 rings (SSSR count). The zero-order chi connectivity index (χ0) is 13.5. The van der Waals surface area contributed by atoms with E-state index in [1.807, 2.05) is 6.92 Å². The molecular formula is C12H22N2O4. The third kappa shape index (κ3) is 4.52. The molecular weight excluding hydrogens is 236 g/mol. The lowest BCUT2D eigenvalue weighted by molar-refractivity contribution is -0.139. The number of nitrogens with one attached hydrogen (secondary N) is 1. The van der Waals surface area contributed by atoms with E-state index < -0.39 is 24.1 Å². The van der Waals surface area contributed by atoms with Gasteiger partial charge in [-0.25, -0.2) is 9.59 Å². The van der Waals surface area contributed by atoms with Gasteiger partial charge >= 0.3 is 12.0 Å². The first-order valence-corrected chi connectivity index (χ1v) is 6.51. The Labute approximate surface area is 107 Å². The Bertz CT molecular complexity index is 296. The van der Waals surface area contributed by atoms with E-state index in [4.69, 9.17) is 5.11 Å². The number of piperidine rings is 1. The molecule has 0 aromatic rings. The summed E-state index contributed by atoms with van der Waals surface area (Å²) >= 11 is 0. The van der Waals surface area contributed by atoms with Crippen molar-refractivity contribution in [1.29, 1.82) is 0 Å². The summed E-state index contributed by atoms with van der Waals surface area (Å²) < 4.78 is 0. The molecule has 18 heavy (non-hydrogen) atoms. The number of aliphatic carboxylic acids is 1. The monoisotopic (exact) mass is 258 g/mol. The number of nitrogens with zero attached hydrogens (tertiary/aromatic N) is 1. The molecule has 104 valence electrons. The number of urea groups is 1. The van der Waals surface area contributed by atoms with E-state index in [9.17, 15) is 14.7 Å². The molecule has 6 nitrogen and oxygen atoms in total. The number of aliphatic hydroxyl groups is 1. The van der Waals surface area contributed by atoms with Crippen molar-refractivity contribution < 1.29 is 19.8 Å². The lowest BCUT2D eigenvalue weighted by Crippen LogP contribution is -2.51. The Hall–Kier alpha value is -1.30. The van der Waals surface area contributed by atoms with Crippen LogP contribution in [-0.2, 0) is 4.79 Å². The first kappa shape index (κ1) is 14.8. The minimum atomic E-state index is -1.01. The zero-order valence-electron chi connectivity index (χ0n) is 10.8. The number of hydrogen-bond acceptors (Lipinski definition) is 3. The van der Waals surface area contributed by atoms with Crippen molar-refractivity contribution in [3.05, 3.63) is 0 Å². The lowest BCUT2D eigenvalue weighted by Gasteiger charge is -2.31. The quantitative estimate of drug-likeness (QED) is 0.680. The number of carboxylic acids is 1. The first-order chi connectivity index (χ1) is 8.54. The van der Waals surface area contributed by atoms with Crippen molar-refractivity contribution in [3.63, 3.8) is 0 Å². The molecule has 1 heterocycles. The van der Waals surface area contributed by atoms with E-state index in [2.05, 4.69) is 5.32 Å². The third-order valence-corrected chi connectivity index (χ3v) is 3.13. The van der Waals surface area contributed by atoms with Crippen molar-refractivity contribution in [3.8, 4) is 0 Å². The number of carboxylic acid groups (broad SMARTS) is 1. The molecule has 2 amide bonds. The third-order valence-electron chi connectivity index (χ3n) is 3.13. The average Bonchev–Trinajstić information content (AvgIpc) is 2.33. The van der Waals surface area contributed by atoms with Crippen LogP contribution in [0, 0.1) is 0 Å². The topological polar surface area (TPSA) is 89.9 Å². The van der Waals surface area contributed by atoms with Gasteiger partial charge in [-0.05, 0) is 19.3 Å². The van der Waals surface area contributed by atoms with Crippen molar-refractivity contribution in [2.75, 3.05) is 13.1 Å². The van der Waals surface area contributed by atoms with Crippen LogP contribution in [0.15, 0.2) is 0 Å². The van der Waals surface area contributed by atoms with Gasteiger partial charge in [0.05, 0.1) is 6.10 Å². The zero-order valence-corrected chi connectivity index (χ0v) is 10.8. The Kier molecular flexibility index (Phi) is 5.91. The summed E-state index contributed by atoms with van der Waals surface area (Å²) in [5.74, 6) is -1.01. The largest absolute Gasteiger partial charge is 0.480 e. The van der Waals surface area contributed by atoms with Gasteiger partial charge in [0.2, 0.25) is 0 Å². The van der Waals surface area contributed by atoms with E-state index in [1.165, 1.54) is 4.90 Å². The molecule has 0 aromatic carbocycles. The van der Waals surface area contributed by atoms with Gasteiger partial charge in [0.25, 0.3) is 0 Å². The Morgan fingerprint density at radius 2 is 2.22 bits per heavy atom. The number of amides is 2. The molecule has 1 saturated heterocycles. The van der Waals surface area contributed by atoms with Gasteiger partial charge in [-0.15, -0.1) is 0 Å². The molecule has 0 spiro atoms. The minimum absolute atomic E-state index is 0.284. The Balaban J connectivity index is 2.46. The van der Waals surface area contributed by atoms with Crippen molar-refractivity contribution in [2.24, 2.45) is 0 Å². The molecule has 0 bridgehead atoms. The summed E-state index contributed by atoms with van der Waals surface area (Å²) in [4.78, 5) is 24.3. The smallest absolute Gasteiger partial charge is 0.326 e. The van der Waals surface area contributed by atoms with Crippen LogP contribution in [0.3, 0.4) is 0 Å². The fourth-order valence-corrected chi connectivity index (χ4v) is 2.05. The number of rotatable bonds is 5. The molecule has 6 heteroatoms. The van der Waals surface area contributed by atoms with Gasteiger partial charge < -0.3 is 20.4 Å². The van der Waals surface area contributed by atoms with Gasteiger partial charge in [0, 0.05) is 13.1 Å². The lowest BCUT2D eigenvalue weighted by atomic mass is 10.1. The number of carbonyl (C=O) groups excluding carboxylic acids is 1. The van der Waals surface area contributed by atoms with Gasteiger partial charge in [-0.3, -0.25) is 0 Å². The summed E-state index contributed by atoms with van der Waals surface area (Å²) in [6.45, 7) is 2.83. The number of β-amino-alcohol motifs (C(OH)–C–C–N with tert-alkyl or cyclic N) is 1. The molecule has 0 aromatic heterocycles. The number of unbranched alkanes of at least 4 members (excludes halogenated alkanes) is 1. The number of carbonyl (C=O) groups is 2. The van der Waals surface area contributed by atoms with E-state index in [0.29, 0.717) is 19.4 Å². The summed E-state index contributed by atoms with van der Waals surface area (Å²) in [5.41, 5.74) is 0. The van der Waals surface area contributed by atoms with Crippen molar-refractivity contribution >= 4 is 12.0 Å². The molecule has 0 aliphatic carbocycles. The first-order valence-electron chi connectivity index (χ1n) is 6.51. The van der Waals surface area contributed by atoms with E-state index in [-0.39, 0.29) is 6.54 Å². The molecule has 2 atom stereocenters. The maximum absolute atomic E-state index is 11.9. The fourth-order valence-electron chi connectivity index (χ4n) is 2.05. The molecule has 1 aliphatic rings. The number of likely N-dealkylation sites (tertiary alicyclic amines) is 1. The summed E-state index contributed by atoms with van der Waals surface area (Å²) in [5, 5.41) is 21.0. The van der Waals surface area contributed by atoms with Gasteiger partial charge in [0.1, 0.15) is 6.04 Å². The Morgan fingerprint density at radius 1 is 1.50 bits per heavy atom. The second kappa shape index (κ2) is 7.20. The molecule has 3 N–H and O–H groups in total. The highest BCUT2D eigenvalue weighted by atomic mass is 16.4. The highest BCUT2D eigenvalue weighted by Gasteiger charge is 2.26. The maximum Gasteiger partial charge on any atom is 0.326 e. The predicted molar refractivity (Wildman–Crippen MR) is 66.3 cm³/mol. The summed E-state index contributed by atoms with van der Waals surface area (Å²) in [7, 11) is 0. The normalized spacial score (nSPS) is 21.4. The molecule has 1 aliphatic heterocycles. The van der Waals surface area contributed by atoms with Crippen LogP contribution in [0.4, 0.5) is 4.79 Å². The number of aliphatic hydroxyl groups excluding tert-OH is 1. The molecule has 1 fully saturated rings. The minimum Gasteiger partial charge on any atom is -0.480 e. The van der Waals surface area contributed by atoms with Gasteiger partial charge in [-0.2, -0.15) is 0 Å². The summed E-state index contributed by atoms with van der Waals surface area (Å²) in [6.07, 6.45) is 3.04.